The molecule has 1 heterocycles. The van der Waals surface area contributed by atoms with Crippen LogP contribution in [-0.4, -0.2) is 48.8 Å². The smallest absolute Gasteiger partial charge is 0.407 e. The normalized spacial score (nSPS) is 10.5. The Kier molecular flexibility index (Phi) is 13.5. The van der Waals surface area contributed by atoms with Crippen LogP contribution in [-0.2, 0) is 32.0 Å². The van der Waals surface area contributed by atoms with Gasteiger partial charge in [0.05, 0.1) is 38.4 Å². The number of ether oxygens (including phenoxy) is 3. The van der Waals surface area contributed by atoms with Crippen LogP contribution < -0.4 is 15.5 Å². The summed E-state index contributed by atoms with van der Waals surface area (Å²) in [6.45, 7) is 7.06. The molecule has 0 bridgehead atoms. The van der Waals surface area contributed by atoms with Gasteiger partial charge in [0.25, 0.3) is 0 Å². The van der Waals surface area contributed by atoms with Crippen molar-refractivity contribution < 1.29 is 28.6 Å². The molecule has 1 aromatic heterocycles. The molecule has 0 aliphatic carbocycles. The predicted octanol–water partition coefficient (Wildman–Crippen LogP) is 3.01. The van der Waals surface area contributed by atoms with E-state index in [-0.39, 0.29) is 37.2 Å². The Balaban J connectivity index is 2.39. The van der Waals surface area contributed by atoms with E-state index in [1.165, 1.54) is 6.07 Å². The highest BCUT2D eigenvalue weighted by atomic mass is 16.5. The number of unbranched alkanes of at least 4 members (excludes halogenated alkanes) is 2. The molecule has 180 valence electrons. The van der Waals surface area contributed by atoms with Gasteiger partial charge >= 0.3 is 12.1 Å². The number of pyridine rings is 1. The first-order valence-corrected chi connectivity index (χ1v) is 11.4. The summed E-state index contributed by atoms with van der Waals surface area (Å²) in [5.74, 6) is -0.430. The topological polar surface area (TPSA) is 113 Å². The Morgan fingerprint density at radius 2 is 1.69 bits per heavy atom. The van der Waals surface area contributed by atoms with Crippen molar-refractivity contribution in [3.8, 4) is 5.75 Å². The van der Waals surface area contributed by atoms with Gasteiger partial charge in [0.1, 0.15) is 6.61 Å². The molecule has 0 radical (unpaired) electrons. The number of ketones is 1. The Hall–Kier alpha value is -2.84. The molecule has 0 aliphatic rings. The van der Waals surface area contributed by atoms with Crippen LogP contribution >= 0.6 is 0 Å². The van der Waals surface area contributed by atoms with Crippen molar-refractivity contribution in [2.45, 2.75) is 72.3 Å². The molecule has 0 atom stereocenters. The van der Waals surface area contributed by atoms with Crippen LogP contribution in [0.2, 0.25) is 0 Å². The highest BCUT2D eigenvalue weighted by Gasteiger charge is 2.13. The van der Waals surface area contributed by atoms with Gasteiger partial charge in [-0.25, -0.2) is 4.79 Å². The van der Waals surface area contributed by atoms with Crippen LogP contribution in [0.3, 0.4) is 0 Å². The Morgan fingerprint density at radius 3 is 2.38 bits per heavy atom. The number of rotatable bonds is 16. The number of nitrogens with one attached hydrogen (secondary N) is 1. The third kappa shape index (κ3) is 10.5. The van der Waals surface area contributed by atoms with Crippen LogP contribution in [0.1, 0.15) is 65.0 Å². The summed E-state index contributed by atoms with van der Waals surface area (Å²) in [5, 5.41) is 2.37. The summed E-state index contributed by atoms with van der Waals surface area (Å²) in [5.41, 5.74) is 0.601. The third-order valence-electron chi connectivity index (χ3n) is 4.68. The molecule has 0 aromatic carbocycles. The van der Waals surface area contributed by atoms with E-state index < -0.39 is 12.1 Å². The van der Waals surface area contributed by atoms with E-state index in [0.29, 0.717) is 31.9 Å². The minimum absolute atomic E-state index is 0.0261. The fourth-order valence-corrected chi connectivity index (χ4v) is 2.83. The number of carbonyl (C=O) groups excluding carboxylic acids is 3. The summed E-state index contributed by atoms with van der Waals surface area (Å²) >= 11 is 0. The van der Waals surface area contributed by atoms with Crippen molar-refractivity contribution in [2.75, 3.05) is 26.4 Å². The lowest BCUT2D eigenvalue weighted by atomic mass is 10.2. The van der Waals surface area contributed by atoms with Crippen LogP contribution in [0.5, 0.6) is 5.75 Å². The average Bonchev–Trinajstić information content (AvgIpc) is 2.78. The van der Waals surface area contributed by atoms with E-state index in [4.69, 9.17) is 14.2 Å². The van der Waals surface area contributed by atoms with E-state index in [1.807, 2.05) is 25.3 Å². The van der Waals surface area contributed by atoms with Gasteiger partial charge in [-0.15, -0.1) is 0 Å². The Bertz CT molecular complexity index is 789. The quantitative estimate of drug-likeness (QED) is 0.303. The number of nitrogens with zero attached hydrogens (tertiary/aromatic N) is 1. The molecular formula is C23H36N2O7. The van der Waals surface area contributed by atoms with Crippen LogP contribution in [0.25, 0.3) is 0 Å². The Labute approximate surface area is 189 Å². The van der Waals surface area contributed by atoms with Crippen molar-refractivity contribution in [1.29, 1.82) is 0 Å². The number of hydrogen-bond donors (Lipinski definition) is 1. The lowest BCUT2D eigenvalue weighted by molar-refractivity contribution is -0.145. The number of alkyl carbamates (subject to hydrolysis) is 1. The predicted molar refractivity (Wildman–Crippen MR) is 120 cm³/mol. The van der Waals surface area contributed by atoms with Crippen molar-refractivity contribution in [1.82, 2.24) is 9.88 Å². The average molecular weight is 453 g/mol. The van der Waals surface area contributed by atoms with E-state index in [9.17, 15) is 19.2 Å². The van der Waals surface area contributed by atoms with Crippen LogP contribution in [0, 0.1) is 0 Å². The van der Waals surface area contributed by atoms with Gasteiger partial charge in [-0.2, -0.15) is 0 Å². The van der Waals surface area contributed by atoms with Crippen LogP contribution in [0.15, 0.2) is 17.1 Å². The minimum Gasteiger partial charge on any atom is -0.488 e. The van der Waals surface area contributed by atoms with Gasteiger partial charge in [0.2, 0.25) is 5.43 Å². The molecule has 9 nitrogen and oxygen atoms in total. The van der Waals surface area contributed by atoms with E-state index in [0.717, 1.165) is 31.4 Å². The van der Waals surface area contributed by atoms with Gasteiger partial charge in [0, 0.05) is 18.7 Å². The zero-order valence-electron chi connectivity index (χ0n) is 19.4. The zero-order valence-corrected chi connectivity index (χ0v) is 19.4. The largest absolute Gasteiger partial charge is 0.488 e. The number of hydrogen-bond acceptors (Lipinski definition) is 7. The zero-order chi connectivity index (χ0) is 23.8. The van der Waals surface area contributed by atoms with Gasteiger partial charge in [-0.3, -0.25) is 14.4 Å². The number of carbonyl (C=O) groups is 3. The second-order valence-corrected chi connectivity index (χ2v) is 7.31. The van der Waals surface area contributed by atoms with Gasteiger partial charge < -0.3 is 24.1 Å². The highest BCUT2D eigenvalue weighted by Crippen LogP contribution is 2.15. The molecule has 1 rings (SSSR count). The molecular weight excluding hydrogens is 416 g/mol. The van der Waals surface area contributed by atoms with Crippen LogP contribution in [0.4, 0.5) is 4.79 Å². The summed E-state index contributed by atoms with van der Waals surface area (Å²) in [6, 6.07) is 1.45. The van der Waals surface area contributed by atoms with Gasteiger partial charge in [0.15, 0.2) is 11.5 Å². The highest BCUT2D eigenvalue weighted by molar-refractivity contribution is 5.86. The SMILES string of the molecule is CCCCOC(=O)NCC(=O)CCC(=O)OCCn1ccc(=O)c(OCCCC)c1CC. The first-order chi connectivity index (χ1) is 15.4. The fourth-order valence-electron chi connectivity index (χ4n) is 2.83. The van der Waals surface area contributed by atoms with E-state index in [2.05, 4.69) is 5.32 Å². The van der Waals surface area contributed by atoms with Crippen molar-refractivity contribution in [3.05, 3.63) is 28.2 Å². The monoisotopic (exact) mass is 452 g/mol. The molecule has 1 aromatic rings. The lowest BCUT2D eigenvalue weighted by Crippen LogP contribution is -2.30. The number of esters is 1. The van der Waals surface area contributed by atoms with Crippen molar-refractivity contribution in [2.24, 2.45) is 0 Å². The third-order valence-corrected chi connectivity index (χ3v) is 4.68. The van der Waals surface area contributed by atoms with Gasteiger partial charge in [-0.05, 0) is 19.3 Å². The van der Waals surface area contributed by atoms with Gasteiger partial charge in [-0.1, -0.05) is 33.6 Å². The molecule has 1 amide bonds. The molecule has 0 saturated heterocycles. The van der Waals surface area contributed by atoms with E-state index >= 15 is 0 Å². The van der Waals surface area contributed by atoms with E-state index in [1.54, 1.807) is 6.20 Å². The fraction of sp³-hybridized carbons (Fsp3) is 0.652. The minimum atomic E-state index is -0.639. The summed E-state index contributed by atoms with van der Waals surface area (Å²) < 4.78 is 17.6. The molecule has 0 spiro atoms. The standard InChI is InChI=1S/C23H36N2O7/c1-4-7-14-31-22-19(6-3)25(12-11-20(22)27)13-16-30-21(28)10-9-18(26)17-24-23(29)32-15-8-5-2/h11-12H,4-10,13-17H2,1-3H3,(H,24,29). The maximum absolute atomic E-state index is 12.1. The number of amides is 1. The second-order valence-electron chi connectivity index (χ2n) is 7.31. The molecule has 0 aliphatic heterocycles. The first kappa shape index (κ1) is 27.2. The summed E-state index contributed by atoms with van der Waals surface area (Å²) in [6.07, 6.45) is 5.04. The molecule has 9 heteroatoms. The molecule has 1 N–H and O–H groups in total. The molecule has 0 saturated carbocycles. The molecule has 0 fully saturated rings. The number of aromatic nitrogens is 1. The molecule has 0 unspecified atom stereocenters. The Morgan fingerprint density at radius 1 is 0.969 bits per heavy atom. The summed E-state index contributed by atoms with van der Waals surface area (Å²) in [7, 11) is 0. The molecule has 32 heavy (non-hydrogen) atoms. The summed E-state index contributed by atoms with van der Waals surface area (Å²) in [4.78, 5) is 47.3. The first-order valence-electron chi connectivity index (χ1n) is 11.4. The lowest BCUT2D eigenvalue weighted by Gasteiger charge is -2.16. The number of Topliss-reactive ketones (excluding diaryl/α,β-unsaturated/α-hetero) is 1. The maximum atomic E-state index is 12.1. The van der Waals surface area contributed by atoms with Crippen molar-refractivity contribution in [3.63, 3.8) is 0 Å². The van der Waals surface area contributed by atoms with Crippen molar-refractivity contribution >= 4 is 17.8 Å². The maximum Gasteiger partial charge on any atom is 0.407 e. The second kappa shape index (κ2) is 15.9.